The fourth-order valence-electron chi connectivity index (χ4n) is 5.23. The van der Waals surface area contributed by atoms with Crippen molar-refractivity contribution < 1.29 is 0 Å². The third-order valence-electron chi connectivity index (χ3n) is 7.57. The van der Waals surface area contributed by atoms with Crippen molar-refractivity contribution in [2.75, 3.05) is 0 Å². The molecule has 0 N–H and O–H groups in total. The molecular formula is C34H56S2. The van der Waals surface area contributed by atoms with Crippen molar-refractivity contribution in [1.29, 1.82) is 0 Å². The zero-order chi connectivity index (χ0) is 25.8. The summed E-state index contributed by atoms with van der Waals surface area (Å²) in [6, 6.07) is 0. The largest absolute Gasteiger partial charge is 0.144 e. The Bertz CT molecular complexity index is 754. The van der Waals surface area contributed by atoms with Crippen LogP contribution in [0.1, 0.15) is 162 Å². The van der Waals surface area contributed by atoms with Crippen LogP contribution in [0.15, 0.2) is 10.8 Å². The van der Waals surface area contributed by atoms with Crippen molar-refractivity contribution in [2.45, 2.75) is 156 Å². The number of aryl methyl sites for hydroxylation is 2. The van der Waals surface area contributed by atoms with Gasteiger partial charge in [-0.3, -0.25) is 0 Å². The Hall–Kier alpha value is -0.860. The van der Waals surface area contributed by atoms with Gasteiger partial charge < -0.3 is 0 Å². The van der Waals surface area contributed by atoms with Crippen LogP contribution in [0.3, 0.4) is 0 Å². The predicted octanol–water partition coefficient (Wildman–Crippen LogP) is 12.5. The van der Waals surface area contributed by atoms with Gasteiger partial charge in [-0.05, 0) is 96.5 Å². The molecule has 0 fully saturated rings. The first kappa shape index (κ1) is 31.4. The predicted molar refractivity (Wildman–Crippen MR) is 169 cm³/mol. The molecular weight excluding hydrogens is 473 g/mol. The summed E-state index contributed by atoms with van der Waals surface area (Å²) in [5.74, 6) is 0. The molecule has 204 valence electrons. The van der Waals surface area contributed by atoms with Gasteiger partial charge in [0.2, 0.25) is 0 Å². The van der Waals surface area contributed by atoms with Crippen molar-refractivity contribution in [3.8, 4) is 0 Å². The van der Waals surface area contributed by atoms with E-state index in [1.54, 1.807) is 22.3 Å². The van der Waals surface area contributed by atoms with E-state index in [0.717, 1.165) is 0 Å². The molecule has 0 unspecified atom stereocenters. The highest BCUT2D eigenvalue weighted by molar-refractivity contribution is 7.12. The summed E-state index contributed by atoms with van der Waals surface area (Å²) in [5.41, 5.74) is 6.64. The van der Waals surface area contributed by atoms with Crippen LogP contribution in [0.4, 0.5) is 0 Å². The second-order valence-electron chi connectivity index (χ2n) is 10.8. The van der Waals surface area contributed by atoms with Gasteiger partial charge in [0.1, 0.15) is 0 Å². The molecule has 2 aromatic rings. The third kappa shape index (κ3) is 11.7. The van der Waals surface area contributed by atoms with E-state index in [2.05, 4.69) is 50.6 Å². The van der Waals surface area contributed by atoms with Gasteiger partial charge in [-0.2, -0.15) is 0 Å². The van der Waals surface area contributed by atoms with Crippen molar-refractivity contribution in [2.24, 2.45) is 0 Å². The van der Waals surface area contributed by atoms with Crippen LogP contribution in [-0.2, 0) is 25.7 Å². The van der Waals surface area contributed by atoms with Gasteiger partial charge >= 0.3 is 0 Å². The van der Waals surface area contributed by atoms with Crippen LogP contribution < -0.4 is 0 Å². The van der Waals surface area contributed by atoms with E-state index >= 15 is 0 Å². The minimum absolute atomic E-state index is 1.27. The zero-order valence-corrected chi connectivity index (χ0v) is 25.9. The molecule has 0 aliphatic carbocycles. The number of unbranched alkanes of at least 4 members (excludes halogenated alkanes) is 12. The lowest BCUT2D eigenvalue weighted by atomic mass is 9.97. The molecule has 0 aromatic carbocycles. The number of hydrogen-bond donors (Lipinski definition) is 0. The standard InChI is InChI=1S/C34H56S2/c1-5-9-13-17-21-29-27-35-33(31(29)23-19-15-11-7-3)25-26-34-32(24-20-16-12-8-4)30(28-36-34)22-18-14-10-6-2/h25-28H,5-24H2,1-4H3/b26-25+. The molecule has 0 aliphatic heterocycles. The number of hydrogen-bond acceptors (Lipinski definition) is 2. The smallest absolute Gasteiger partial charge is 0.0305 e. The molecule has 0 bridgehead atoms. The highest BCUT2D eigenvalue weighted by Gasteiger charge is 2.12. The van der Waals surface area contributed by atoms with Crippen LogP contribution in [-0.4, -0.2) is 0 Å². The Morgan fingerprint density at radius 2 is 0.778 bits per heavy atom. The van der Waals surface area contributed by atoms with Gasteiger partial charge in [-0.1, -0.05) is 105 Å². The first-order valence-corrected chi connectivity index (χ1v) is 17.4. The van der Waals surface area contributed by atoms with Crippen molar-refractivity contribution in [1.82, 2.24) is 0 Å². The maximum Gasteiger partial charge on any atom is 0.0305 e. The molecule has 2 heteroatoms. The summed E-state index contributed by atoms with van der Waals surface area (Å²) >= 11 is 3.99. The first-order chi connectivity index (χ1) is 17.7. The van der Waals surface area contributed by atoms with Crippen LogP contribution in [0.2, 0.25) is 0 Å². The van der Waals surface area contributed by atoms with E-state index < -0.39 is 0 Å². The summed E-state index contributed by atoms with van der Waals surface area (Å²) in [4.78, 5) is 3.07. The fourth-order valence-corrected chi connectivity index (χ4v) is 7.33. The Labute approximate surface area is 233 Å². The molecule has 0 aliphatic rings. The van der Waals surface area contributed by atoms with E-state index in [4.69, 9.17) is 0 Å². The minimum Gasteiger partial charge on any atom is -0.144 e. The SMILES string of the molecule is CCCCCCc1csc(/C=C/c2scc(CCCCCC)c2CCCCCC)c1CCCCCC. The maximum absolute atomic E-state index is 2.49. The molecule has 0 saturated carbocycles. The quantitative estimate of drug-likeness (QED) is 0.133. The Morgan fingerprint density at radius 3 is 1.11 bits per heavy atom. The molecule has 36 heavy (non-hydrogen) atoms. The van der Waals surface area contributed by atoms with Gasteiger partial charge in [-0.15, -0.1) is 22.7 Å². The Kier molecular flexibility index (Phi) is 17.5. The summed E-state index contributed by atoms with van der Waals surface area (Å²) in [6.45, 7) is 9.26. The molecule has 0 radical (unpaired) electrons. The summed E-state index contributed by atoms with van der Waals surface area (Å²) < 4.78 is 0. The second kappa shape index (κ2) is 20.1. The molecule has 2 heterocycles. The van der Waals surface area contributed by atoms with Gasteiger partial charge in [-0.25, -0.2) is 0 Å². The van der Waals surface area contributed by atoms with Crippen molar-refractivity contribution in [3.05, 3.63) is 42.8 Å². The van der Waals surface area contributed by atoms with Crippen LogP contribution in [0.5, 0.6) is 0 Å². The normalized spacial score (nSPS) is 11.8. The molecule has 0 nitrogen and oxygen atoms in total. The Balaban J connectivity index is 2.16. The molecule has 0 amide bonds. The monoisotopic (exact) mass is 528 g/mol. The second-order valence-corrected chi connectivity index (χ2v) is 12.6. The average Bonchev–Trinajstić information content (AvgIpc) is 3.46. The van der Waals surface area contributed by atoms with E-state index in [-0.39, 0.29) is 0 Å². The molecule has 2 aromatic heterocycles. The zero-order valence-electron chi connectivity index (χ0n) is 24.3. The summed E-state index contributed by atoms with van der Waals surface area (Å²) in [6.07, 6.45) is 31.7. The summed E-state index contributed by atoms with van der Waals surface area (Å²) in [5, 5.41) is 4.97. The summed E-state index contributed by atoms with van der Waals surface area (Å²) in [7, 11) is 0. The van der Waals surface area contributed by atoms with E-state index in [1.807, 2.05) is 22.7 Å². The van der Waals surface area contributed by atoms with Gasteiger partial charge in [0.05, 0.1) is 0 Å². The van der Waals surface area contributed by atoms with Gasteiger partial charge in [0, 0.05) is 9.75 Å². The maximum atomic E-state index is 2.49. The van der Waals surface area contributed by atoms with Crippen LogP contribution in [0.25, 0.3) is 12.2 Å². The molecule has 0 spiro atoms. The molecule has 0 saturated heterocycles. The number of rotatable bonds is 22. The Morgan fingerprint density at radius 1 is 0.444 bits per heavy atom. The fraction of sp³-hybridized carbons (Fsp3) is 0.706. The highest BCUT2D eigenvalue weighted by atomic mass is 32.1. The first-order valence-electron chi connectivity index (χ1n) is 15.6. The van der Waals surface area contributed by atoms with E-state index in [0.29, 0.717) is 0 Å². The van der Waals surface area contributed by atoms with Crippen LogP contribution >= 0.6 is 22.7 Å². The van der Waals surface area contributed by atoms with Gasteiger partial charge in [0.15, 0.2) is 0 Å². The third-order valence-corrected chi connectivity index (χ3v) is 9.65. The van der Waals surface area contributed by atoms with Gasteiger partial charge in [0.25, 0.3) is 0 Å². The van der Waals surface area contributed by atoms with Crippen LogP contribution in [0, 0.1) is 0 Å². The van der Waals surface area contributed by atoms with E-state index in [9.17, 15) is 0 Å². The van der Waals surface area contributed by atoms with Crippen molar-refractivity contribution in [3.63, 3.8) is 0 Å². The molecule has 2 rings (SSSR count). The van der Waals surface area contributed by atoms with Crippen molar-refractivity contribution >= 4 is 34.8 Å². The average molecular weight is 529 g/mol. The molecule has 0 atom stereocenters. The lowest BCUT2D eigenvalue weighted by molar-refractivity contribution is 0.652. The topological polar surface area (TPSA) is 0 Å². The van der Waals surface area contributed by atoms with E-state index in [1.165, 1.54) is 138 Å². The minimum atomic E-state index is 1.27. The lowest BCUT2D eigenvalue weighted by Crippen LogP contribution is -1.94. The number of thiophene rings is 2. The highest BCUT2D eigenvalue weighted by Crippen LogP contribution is 2.32. The lowest BCUT2D eigenvalue weighted by Gasteiger charge is -2.08.